The summed E-state index contributed by atoms with van der Waals surface area (Å²) in [5, 5.41) is 9.41. The zero-order chi connectivity index (χ0) is 43.1. The Morgan fingerprint density at radius 2 is 0.703 bits per heavy atom. The van der Waals surface area contributed by atoms with Crippen LogP contribution in [-0.2, 0) is 0 Å². The molecule has 308 valence electrons. The monoisotopic (exact) mass is 860 g/mol. The Labute approximate surface area is 380 Å². The summed E-state index contributed by atoms with van der Waals surface area (Å²) in [5.74, 6) is 0. The topological polar surface area (TPSA) is 16.3 Å². The van der Waals surface area contributed by atoms with Crippen molar-refractivity contribution in [3.8, 4) is 11.4 Å². The van der Waals surface area contributed by atoms with Gasteiger partial charge >= 0.3 is 0 Å². The first-order chi connectivity index (χ1) is 31.3. The van der Waals surface area contributed by atoms with Gasteiger partial charge in [0.15, 0.2) is 0 Å². The van der Waals surface area contributed by atoms with Crippen molar-refractivity contribution in [1.29, 1.82) is 0 Å². The van der Waals surface area contributed by atoms with Crippen molar-refractivity contribution in [3.63, 3.8) is 0 Å². The van der Waals surface area contributed by atoms with Gasteiger partial charge in [-0.3, -0.25) is 0 Å². The molecule has 0 atom stereocenters. The molecule has 0 unspecified atom stereocenters. The third-order valence-corrected chi connectivity index (χ3v) is 14.3. The fourth-order valence-electron chi connectivity index (χ4n) is 9.94. The smallest absolute Gasteiger partial charge is 0.0804 e. The van der Waals surface area contributed by atoms with E-state index in [-0.39, 0.29) is 0 Å². The minimum atomic E-state index is 1.11. The Bertz CT molecular complexity index is 3420. The third-order valence-electron chi connectivity index (χ3n) is 12.5. The number of para-hydroxylation sites is 2. The second-order valence-corrected chi connectivity index (χ2v) is 19.0. The van der Waals surface area contributed by atoms with Crippen molar-refractivity contribution in [3.05, 3.63) is 215 Å². The van der Waals surface area contributed by atoms with Crippen LogP contribution in [0.4, 0.5) is 34.1 Å². The van der Waals surface area contributed by atoms with Crippen molar-refractivity contribution >= 4 is 110 Å². The molecule has 4 nitrogen and oxygen atoms in total. The minimum absolute atomic E-state index is 1.11. The number of nitrogens with zero attached hydrogens (tertiary/aromatic N) is 4. The number of hydrogen-bond donors (Lipinski definition) is 0. The first kappa shape index (κ1) is 38.3. The Morgan fingerprint density at radius 1 is 0.344 bits per heavy atom. The number of aryl methyl sites for hydroxylation is 4. The minimum Gasteiger partial charge on any atom is -0.310 e. The highest BCUT2D eigenvalue weighted by Crippen LogP contribution is 2.46. The molecule has 0 aliphatic carbocycles. The van der Waals surface area contributed by atoms with Gasteiger partial charge in [-0.1, -0.05) is 48.5 Å². The highest BCUT2D eigenvalue weighted by atomic mass is 32.1. The first-order valence-electron chi connectivity index (χ1n) is 21.8. The van der Waals surface area contributed by atoms with E-state index in [1.54, 1.807) is 22.7 Å². The Morgan fingerprint density at radius 3 is 1.08 bits per heavy atom. The number of benzene rings is 8. The molecule has 0 aliphatic rings. The third kappa shape index (κ3) is 6.40. The summed E-state index contributed by atoms with van der Waals surface area (Å²) in [4.78, 5) is 4.73. The summed E-state index contributed by atoms with van der Waals surface area (Å²) in [7, 11) is 0. The van der Waals surface area contributed by atoms with Crippen molar-refractivity contribution in [2.45, 2.75) is 27.7 Å². The van der Waals surface area contributed by atoms with E-state index in [1.165, 1.54) is 75.3 Å². The fraction of sp³-hybridized carbons (Fsp3) is 0.0690. The lowest BCUT2D eigenvalue weighted by molar-refractivity contribution is 1.17. The molecule has 0 saturated carbocycles. The lowest BCUT2D eigenvalue weighted by atomic mass is 10.1. The first-order valence-corrected chi connectivity index (χ1v) is 23.6. The number of aromatic nitrogens is 2. The number of fused-ring (bicyclic) bond motifs is 7. The van der Waals surface area contributed by atoms with E-state index >= 15 is 0 Å². The van der Waals surface area contributed by atoms with Crippen molar-refractivity contribution in [2.24, 2.45) is 0 Å². The Hall–Kier alpha value is -7.38. The quantitative estimate of drug-likeness (QED) is 0.151. The molecule has 0 spiro atoms. The molecule has 0 fully saturated rings. The molecule has 64 heavy (non-hydrogen) atoms. The van der Waals surface area contributed by atoms with Crippen LogP contribution in [0.25, 0.3) is 64.4 Å². The van der Waals surface area contributed by atoms with E-state index in [0.29, 0.717) is 0 Å². The van der Waals surface area contributed by atoms with Gasteiger partial charge in [-0.05, 0) is 205 Å². The predicted octanol–water partition coefficient (Wildman–Crippen LogP) is 17.3. The Kier molecular flexibility index (Phi) is 9.07. The average Bonchev–Trinajstić information content (AvgIpc) is 4.09. The van der Waals surface area contributed by atoms with E-state index in [0.717, 1.165) is 45.5 Å². The second-order valence-electron chi connectivity index (χ2n) is 17.1. The van der Waals surface area contributed by atoms with Gasteiger partial charge in [0.25, 0.3) is 0 Å². The number of hydrogen-bond acceptors (Lipinski definition) is 4. The largest absolute Gasteiger partial charge is 0.310 e. The zero-order valence-corrected chi connectivity index (χ0v) is 37.7. The summed E-state index contributed by atoms with van der Waals surface area (Å²) in [6.45, 7) is 8.71. The molecule has 0 aliphatic heterocycles. The SMILES string of the molecule is Cc1cc(C)cc(N(c2ccccc2)c2ccc(-n3c4cc5ccsc5cc4c4c3c3cc5sccc5cc3n4-c3ccc(N(c4ccccc4)c4cc(C)cc(C)c4)cc3)cc2)c1. The molecule has 4 heterocycles. The fourth-order valence-corrected chi connectivity index (χ4v) is 11.6. The lowest BCUT2D eigenvalue weighted by Gasteiger charge is -2.26. The van der Waals surface area contributed by atoms with Crippen molar-refractivity contribution in [2.75, 3.05) is 9.80 Å². The second kappa shape index (κ2) is 15.2. The van der Waals surface area contributed by atoms with Crippen LogP contribution in [0.5, 0.6) is 0 Å². The standard InChI is InChI=1S/C58H44N4S2/c1-37-27-38(2)30-49(29-37)59(43-11-7-5-8-12-43)45-15-19-47(20-16-45)61-53-33-41-23-25-63-55(41)35-51(53)58-57(61)52-36-56-42(24-26-64-56)34-54(52)62(58)48-21-17-46(18-22-48)60(44-13-9-6-10-14-44)50-31-39(3)28-40(4)32-50/h5-36H,1-4H3. The van der Waals surface area contributed by atoms with Crippen LogP contribution in [0.15, 0.2) is 193 Å². The van der Waals surface area contributed by atoms with Crippen LogP contribution in [0, 0.1) is 27.7 Å². The summed E-state index contributed by atoms with van der Waals surface area (Å²) < 4.78 is 7.60. The molecular formula is C58H44N4S2. The molecule has 0 bridgehead atoms. The summed E-state index contributed by atoms with van der Waals surface area (Å²) >= 11 is 3.61. The maximum atomic E-state index is 2.51. The van der Waals surface area contributed by atoms with Gasteiger partial charge in [0, 0.05) is 65.7 Å². The summed E-state index contributed by atoms with van der Waals surface area (Å²) in [5.41, 5.74) is 18.8. The van der Waals surface area contributed by atoms with Crippen molar-refractivity contribution < 1.29 is 0 Å². The van der Waals surface area contributed by atoms with Crippen LogP contribution in [0.3, 0.4) is 0 Å². The summed E-state index contributed by atoms with van der Waals surface area (Å²) in [6.07, 6.45) is 0. The number of anilines is 6. The molecule has 0 N–H and O–H groups in total. The molecule has 6 heteroatoms. The summed E-state index contributed by atoms with van der Waals surface area (Å²) in [6, 6.07) is 67.4. The van der Waals surface area contributed by atoms with E-state index in [1.807, 2.05) is 0 Å². The van der Waals surface area contributed by atoms with Gasteiger partial charge in [-0.25, -0.2) is 0 Å². The molecular weight excluding hydrogens is 817 g/mol. The van der Waals surface area contributed by atoms with Crippen LogP contribution >= 0.6 is 22.7 Å². The molecule has 12 aromatic rings. The van der Waals surface area contributed by atoms with Crippen LogP contribution < -0.4 is 9.80 Å². The molecule has 12 rings (SSSR count). The van der Waals surface area contributed by atoms with E-state index < -0.39 is 0 Å². The normalized spacial score (nSPS) is 11.8. The van der Waals surface area contributed by atoms with Gasteiger partial charge in [0.05, 0.1) is 22.1 Å². The van der Waals surface area contributed by atoms with E-state index in [4.69, 9.17) is 0 Å². The Balaban J connectivity index is 1.08. The highest BCUT2D eigenvalue weighted by Gasteiger charge is 2.25. The number of rotatable bonds is 8. The van der Waals surface area contributed by atoms with Gasteiger partial charge in [0.2, 0.25) is 0 Å². The van der Waals surface area contributed by atoms with E-state index in [2.05, 4.69) is 239 Å². The maximum Gasteiger partial charge on any atom is 0.0804 e. The molecule has 0 saturated heterocycles. The van der Waals surface area contributed by atoms with Crippen LogP contribution in [-0.4, -0.2) is 9.13 Å². The van der Waals surface area contributed by atoms with Gasteiger partial charge in [-0.2, -0.15) is 0 Å². The molecule has 4 aromatic heterocycles. The van der Waals surface area contributed by atoms with Gasteiger partial charge in [0.1, 0.15) is 0 Å². The molecule has 8 aromatic carbocycles. The van der Waals surface area contributed by atoms with E-state index in [9.17, 15) is 0 Å². The van der Waals surface area contributed by atoms with Gasteiger partial charge in [-0.15, -0.1) is 22.7 Å². The van der Waals surface area contributed by atoms with Crippen molar-refractivity contribution in [1.82, 2.24) is 9.13 Å². The van der Waals surface area contributed by atoms with Gasteiger partial charge < -0.3 is 18.9 Å². The lowest BCUT2D eigenvalue weighted by Crippen LogP contribution is -2.10. The highest BCUT2D eigenvalue weighted by molar-refractivity contribution is 7.17. The predicted molar refractivity (Wildman–Crippen MR) is 277 cm³/mol. The molecule has 0 radical (unpaired) electrons. The number of thiophene rings is 2. The maximum absolute atomic E-state index is 2.51. The molecule has 0 amide bonds. The van der Waals surface area contributed by atoms with Crippen LogP contribution in [0.2, 0.25) is 0 Å². The zero-order valence-electron chi connectivity index (χ0n) is 36.1. The average molecular weight is 861 g/mol. The van der Waals surface area contributed by atoms with Crippen LogP contribution in [0.1, 0.15) is 22.3 Å².